The summed E-state index contributed by atoms with van der Waals surface area (Å²) in [6.07, 6.45) is 0.0490. The highest BCUT2D eigenvalue weighted by molar-refractivity contribution is 9.10. The molecule has 0 saturated heterocycles. The molecule has 0 radical (unpaired) electrons. The first kappa shape index (κ1) is 5.89. The van der Waals surface area contributed by atoms with Gasteiger partial charge in [0.2, 0.25) is 0 Å². The highest BCUT2D eigenvalue weighted by atomic mass is 79.9. The first-order valence-electron chi connectivity index (χ1n) is 4.37. The fourth-order valence-corrected chi connectivity index (χ4v) is 1.68. The molecule has 60 valence electrons. The maximum Gasteiger partial charge on any atom is 0.123 e. The van der Waals surface area contributed by atoms with Gasteiger partial charge in [0.15, 0.2) is 0 Å². The van der Waals surface area contributed by atoms with Crippen molar-refractivity contribution in [1.29, 1.82) is 0 Å². The molecule has 0 amide bonds. The molecule has 0 N–H and O–H groups in total. The van der Waals surface area contributed by atoms with E-state index >= 15 is 0 Å². The summed E-state index contributed by atoms with van der Waals surface area (Å²) in [5, 5.41) is 0.940. The summed E-state index contributed by atoms with van der Waals surface area (Å²) in [5.74, 6) is 0. The van der Waals surface area contributed by atoms with Crippen LogP contribution in [0.4, 0.5) is 0 Å². The average molecular weight is 242 g/mol. The van der Waals surface area contributed by atoms with Gasteiger partial charge < -0.3 is 0 Å². The van der Waals surface area contributed by atoms with Gasteiger partial charge in [0.25, 0.3) is 0 Å². The lowest BCUT2D eigenvalue weighted by atomic mass is 10.2. The molecule has 0 aliphatic rings. The first-order chi connectivity index (χ1) is 6.66. The van der Waals surface area contributed by atoms with Crippen molar-refractivity contribution in [2.75, 3.05) is 0 Å². The third-order valence-electron chi connectivity index (χ3n) is 1.44. The quantitative estimate of drug-likeness (QED) is 0.744. The number of aromatic nitrogens is 1. The Hall–Kier alpha value is -0.670. The van der Waals surface area contributed by atoms with Crippen LogP contribution in [0.5, 0.6) is 0 Å². The van der Waals surface area contributed by atoms with Crippen LogP contribution in [0.1, 0.15) is 2.74 Å². The van der Waals surface area contributed by atoms with Crippen molar-refractivity contribution in [2.24, 2.45) is 0 Å². The average Bonchev–Trinajstić information content (AvgIpc) is 2.48. The van der Waals surface area contributed by atoms with Gasteiger partial charge >= 0.3 is 0 Å². The van der Waals surface area contributed by atoms with Gasteiger partial charge in [-0.1, -0.05) is 28.1 Å². The number of hydrogen-bond acceptors (Lipinski definition) is 2. The minimum Gasteiger partial charge on any atom is -0.245 e. The Morgan fingerprint density at radius 2 is 2.08 bits per heavy atom. The Morgan fingerprint density at radius 3 is 2.67 bits per heavy atom. The van der Waals surface area contributed by atoms with Crippen LogP contribution in [-0.2, 0) is 0 Å². The molecule has 0 unspecified atom stereocenters. The lowest BCUT2D eigenvalue weighted by Crippen LogP contribution is -1.73. The number of hydrogen-bond donors (Lipinski definition) is 0. The van der Waals surface area contributed by atoms with E-state index in [2.05, 4.69) is 20.9 Å². The molecule has 1 aromatic carbocycles. The van der Waals surface area contributed by atoms with Gasteiger partial charge in [-0.05, 0) is 12.1 Å². The number of halogens is 1. The standard InChI is InChI=1S/C9H6BrNS/c10-8-3-1-7(2-4-8)9-11-5-6-12-9/h1-6H/i5D,6D. The summed E-state index contributed by atoms with van der Waals surface area (Å²) in [6, 6.07) is 7.68. The summed E-state index contributed by atoms with van der Waals surface area (Å²) in [5.41, 5.74) is 0.949. The van der Waals surface area contributed by atoms with Gasteiger partial charge in [-0.2, -0.15) is 0 Å². The zero-order chi connectivity index (χ0) is 10.1. The number of rotatable bonds is 1. The van der Waals surface area contributed by atoms with Crippen LogP contribution in [0.3, 0.4) is 0 Å². The number of nitrogens with zero attached hydrogens (tertiary/aromatic N) is 1. The summed E-state index contributed by atoms with van der Waals surface area (Å²) in [4.78, 5) is 3.99. The second kappa shape index (κ2) is 3.37. The summed E-state index contributed by atoms with van der Waals surface area (Å²) in [7, 11) is 0. The molecule has 0 aliphatic heterocycles. The molecule has 2 rings (SSSR count). The maximum absolute atomic E-state index is 7.39. The van der Waals surface area contributed by atoms with Crippen LogP contribution in [0.25, 0.3) is 10.6 Å². The molecule has 12 heavy (non-hydrogen) atoms. The monoisotopic (exact) mass is 241 g/mol. The largest absolute Gasteiger partial charge is 0.245 e. The minimum atomic E-state index is 0.0490. The lowest BCUT2D eigenvalue weighted by molar-refractivity contribution is 1.41. The number of benzene rings is 1. The summed E-state index contributed by atoms with van der Waals surface area (Å²) in [6.45, 7) is 0. The van der Waals surface area contributed by atoms with Gasteiger partial charge in [0, 0.05) is 21.6 Å². The van der Waals surface area contributed by atoms with Gasteiger partial charge in [-0.15, -0.1) is 11.3 Å². The van der Waals surface area contributed by atoms with E-state index in [1.165, 1.54) is 11.3 Å². The predicted molar refractivity (Wildman–Crippen MR) is 55.3 cm³/mol. The fraction of sp³-hybridized carbons (Fsp3) is 0. The van der Waals surface area contributed by atoms with Crippen molar-refractivity contribution in [1.82, 2.24) is 4.98 Å². The summed E-state index contributed by atoms with van der Waals surface area (Å²) < 4.78 is 15.7. The second-order valence-electron chi connectivity index (χ2n) is 2.24. The molecule has 1 aromatic heterocycles. The van der Waals surface area contributed by atoms with E-state index in [1.807, 2.05) is 24.3 Å². The van der Waals surface area contributed by atoms with Crippen molar-refractivity contribution in [3.05, 3.63) is 40.3 Å². The van der Waals surface area contributed by atoms with E-state index in [0.29, 0.717) is 0 Å². The SMILES string of the molecule is [2H]c1nc(-c2ccc(Br)cc2)sc1[2H]. The van der Waals surface area contributed by atoms with E-state index in [0.717, 1.165) is 15.0 Å². The highest BCUT2D eigenvalue weighted by Gasteiger charge is 1.97. The van der Waals surface area contributed by atoms with Crippen molar-refractivity contribution in [2.45, 2.75) is 0 Å². The van der Waals surface area contributed by atoms with E-state index in [-0.39, 0.29) is 11.5 Å². The van der Waals surface area contributed by atoms with Gasteiger partial charge in [0.1, 0.15) is 5.01 Å². The first-order valence-corrected chi connectivity index (χ1v) is 4.98. The molecule has 0 bridgehead atoms. The Bertz CT molecular complexity index is 433. The predicted octanol–water partition coefficient (Wildman–Crippen LogP) is 3.57. The maximum atomic E-state index is 7.39. The van der Waals surface area contributed by atoms with Crippen LogP contribution in [0.2, 0.25) is 0 Å². The third-order valence-corrected chi connectivity index (χ3v) is 2.68. The van der Waals surface area contributed by atoms with E-state index in [1.54, 1.807) is 0 Å². The van der Waals surface area contributed by atoms with E-state index in [9.17, 15) is 0 Å². The molecule has 0 atom stereocenters. The van der Waals surface area contributed by atoms with Gasteiger partial charge in [-0.25, -0.2) is 4.98 Å². The molecule has 2 aromatic rings. The van der Waals surface area contributed by atoms with E-state index in [4.69, 9.17) is 2.74 Å². The molecule has 1 nitrogen and oxygen atoms in total. The fourth-order valence-electron chi connectivity index (χ4n) is 0.884. The second-order valence-corrected chi connectivity index (χ2v) is 3.95. The zero-order valence-corrected chi connectivity index (χ0v) is 8.45. The minimum absolute atomic E-state index is 0.0490. The molecular weight excluding hydrogens is 234 g/mol. The van der Waals surface area contributed by atoms with E-state index < -0.39 is 0 Å². The molecule has 0 fully saturated rings. The normalized spacial score (nSPS) is 12.4. The van der Waals surface area contributed by atoms with Gasteiger partial charge in [-0.3, -0.25) is 0 Å². The Labute approximate surface area is 86.0 Å². The molecule has 0 saturated carbocycles. The van der Waals surface area contributed by atoms with Crippen LogP contribution in [0.15, 0.2) is 40.3 Å². The lowest BCUT2D eigenvalue weighted by Gasteiger charge is -1.94. The van der Waals surface area contributed by atoms with Crippen molar-refractivity contribution >= 4 is 27.3 Å². The highest BCUT2D eigenvalue weighted by Crippen LogP contribution is 2.22. The summed E-state index contributed by atoms with van der Waals surface area (Å²) >= 11 is 4.57. The zero-order valence-electron chi connectivity index (χ0n) is 8.04. The molecular formula is C9H6BrNS. The Balaban J connectivity index is 2.44. The topological polar surface area (TPSA) is 12.9 Å². The van der Waals surface area contributed by atoms with Crippen LogP contribution in [0, 0.1) is 0 Å². The van der Waals surface area contributed by atoms with Crippen LogP contribution in [-0.4, -0.2) is 4.98 Å². The van der Waals surface area contributed by atoms with Crippen molar-refractivity contribution in [3.8, 4) is 10.6 Å². The number of thiazole rings is 1. The molecule has 1 heterocycles. The van der Waals surface area contributed by atoms with Crippen molar-refractivity contribution < 1.29 is 2.74 Å². The van der Waals surface area contributed by atoms with Crippen molar-refractivity contribution in [3.63, 3.8) is 0 Å². The Kier molecular flexibility index (Phi) is 1.65. The smallest absolute Gasteiger partial charge is 0.123 e. The molecule has 0 spiro atoms. The Morgan fingerprint density at radius 1 is 1.33 bits per heavy atom. The molecule has 3 heteroatoms. The molecule has 0 aliphatic carbocycles. The third kappa shape index (κ3) is 1.57. The van der Waals surface area contributed by atoms with Crippen LogP contribution < -0.4 is 0 Å². The van der Waals surface area contributed by atoms with Crippen LogP contribution >= 0.6 is 27.3 Å². The van der Waals surface area contributed by atoms with Gasteiger partial charge in [0.05, 0.1) is 2.74 Å².